The van der Waals surface area contributed by atoms with Gasteiger partial charge in [0.05, 0.1) is 0 Å². The van der Waals surface area contributed by atoms with Crippen molar-refractivity contribution in [3.8, 4) is 0 Å². The first-order valence-corrected chi connectivity index (χ1v) is 5.82. The molecular formula is C14H15N5. The van der Waals surface area contributed by atoms with Crippen molar-refractivity contribution in [1.82, 2.24) is 4.98 Å². The third-order valence-electron chi connectivity index (χ3n) is 2.54. The molecule has 1 aromatic heterocycles. The highest BCUT2D eigenvalue weighted by Gasteiger charge is 2.00. The zero-order valence-corrected chi connectivity index (χ0v) is 10.6. The van der Waals surface area contributed by atoms with Crippen LogP contribution in [0.5, 0.6) is 0 Å². The standard InChI is InChI=1S/C14H15N5/c1-10-5-7-11(8-6-10)13(15)18-19-14(16)12-4-2-3-9-17-12/h2-9H,1H3,(H2,15,18)(H2,16,19). The Balaban J connectivity index is 2.20. The summed E-state index contributed by atoms with van der Waals surface area (Å²) >= 11 is 0. The van der Waals surface area contributed by atoms with E-state index in [-0.39, 0.29) is 5.84 Å². The van der Waals surface area contributed by atoms with Crippen LogP contribution in [0.15, 0.2) is 58.9 Å². The van der Waals surface area contributed by atoms with Crippen molar-refractivity contribution in [2.24, 2.45) is 21.7 Å². The number of benzene rings is 1. The van der Waals surface area contributed by atoms with E-state index in [1.54, 1.807) is 18.3 Å². The average molecular weight is 253 g/mol. The first-order valence-electron chi connectivity index (χ1n) is 5.82. The van der Waals surface area contributed by atoms with E-state index in [0.717, 1.165) is 11.1 Å². The van der Waals surface area contributed by atoms with Gasteiger partial charge in [-0.3, -0.25) is 4.98 Å². The Hall–Kier alpha value is -2.69. The average Bonchev–Trinajstić information content (AvgIpc) is 2.46. The van der Waals surface area contributed by atoms with E-state index in [1.807, 2.05) is 37.3 Å². The van der Waals surface area contributed by atoms with Gasteiger partial charge >= 0.3 is 0 Å². The second kappa shape index (κ2) is 5.77. The summed E-state index contributed by atoms with van der Waals surface area (Å²) in [5.41, 5.74) is 14.1. The minimum atomic E-state index is 0.232. The molecule has 0 radical (unpaired) electrons. The van der Waals surface area contributed by atoms with Gasteiger partial charge in [-0.15, -0.1) is 10.2 Å². The second-order valence-corrected chi connectivity index (χ2v) is 4.05. The van der Waals surface area contributed by atoms with Gasteiger partial charge in [0.1, 0.15) is 5.69 Å². The Morgan fingerprint density at radius 2 is 1.63 bits per heavy atom. The van der Waals surface area contributed by atoms with E-state index in [0.29, 0.717) is 11.5 Å². The molecule has 0 aliphatic carbocycles. The molecule has 5 nitrogen and oxygen atoms in total. The zero-order chi connectivity index (χ0) is 13.7. The normalized spacial score (nSPS) is 12.5. The van der Waals surface area contributed by atoms with Crippen molar-refractivity contribution in [1.29, 1.82) is 0 Å². The molecule has 1 heterocycles. The van der Waals surface area contributed by atoms with E-state index >= 15 is 0 Å². The Morgan fingerprint density at radius 1 is 0.947 bits per heavy atom. The Kier molecular flexibility index (Phi) is 3.87. The number of amidine groups is 2. The minimum absolute atomic E-state index is 0.232. The van der Waals surface area contributed by atoms with E-state index < -0.39 is 0 Å². The number of aromatic nitrogens is 1. The molecule has 0 amide bonds. The monoisotopic (exact) mass is 253 g/mol. The van der Waals surface area contributed by atoms with Crippen molar-refractivity contribution in [3.63, 3.8) is 0 Å². The SMILES string of the molecule is Cc1ccc(/C(N)=N/N=C(\N)c2ccccn2)cc1. The molecule has 2 aromatic rings. The van der Waals surface area contributed by atoms with Crippen molar-refractivity contribution in [3.05, 3.63) is 65.5 Å². The Bertz CT molecular complexity index is 599. The fourth-order valence-electron chi connectivity index (χ4n) is 1.46. The fraction of sp³-hybridized carbons (Fsp3) is 0.0714. The molecule has 4 N–H and O–H groups in total. The number of aryl methyl sites for hydroxylation is 1. The molecule has 96 valence electrons. The summed E-state index contributed by atoms with van der Waals surface area (Å²) < 4.78 is 0. The molecular weight excluding hydrogens is 238 g/mol. The van der Waals surface area contributed by atoms with Gasteiger partial charge in [-0.2, -0.15) is 0 Å². The van der Waals surface area contributed by atoms with Crippen LogP contribution >= 0.6 is 0 Å². The van der Waals surface area contributed by atoms with Crippen LogP contribution in [0.1, 0.15) is 16.8 Å². The maximum atomic E-state index is 5.84. The van der Waals surface area contributed by atoms with Crippen LogP contribution in [0.2, 0.25) is 0 Å². The molecule has 0 fully saturated rings. The lowest BCUT2D eigenvalue weighted by Gasteiger charge is -2.00. The summed E-state index contributed by atoms with van der Waals surface area (Å²) in [6.07, 6.45) is 1.64. The van der Waals surface area contributed by atoms with Gasteiger partial charge < -0.3 is 11.5 Å². The Labute approximate surface area is 111 Å². The largest absolute Gasteiger partial charge is 0.382 e. The quantitative estimate of drug-likeness (QED) is 0.492. The summed E-state index contributed by atoms with van der Waals surface area (Å²) in [4.78, 5) is 4.08. The maximum Gasteiger partial charge on any atom is 0.172 e. The number of pyridine rings is 1. The van der Waals surface area contributed by atoms with Crippen LogP contribution in [0.25, 0.3) is 0 Å². The van der Waals surface area contributed by atoms with Gasteiger partial charge in [-0.05, 0) is 19.1 Å². The smallest absolute Gasteiger partial charge is 0.172 e. The summed E-state index contributed by atoms with van der Waals surface area (Å²) in [6, 6.07) is 13.1. The predicted molar refractivity (Wildman–Crippen MR) is 76.9 cm³/mol. The third kappa shape index (κ3) is 3.38. The molecule has 0 saturated carbocycles. The number of hydrogen-bond donors (Lipinski definition) is 2. The van der Waals surface area contributed by atoms with E-state index in [1.165, 1.54) is 0 Å². The minimum Gasteiger partial charge on any atom is -0.382 e. The topological polar surface area (TPSA) is 89.6 Å². The Morgan fingerprint density at radius 3 is 2.26 bits per heavy atom. The second-order valence-electron chi connectivity index (χ2n) is 4.05. The molecule has 0 aliphatic heterocycles. The van der Waals surface area contributed by atoms with Crippen LogP contribution < -0.4 is 11.5 Å². The summed E-state index contributed by atoms with van der Waals surface area (Å²) in [7, 11) is 0. The molecule has 1 aromatic carbocycles. The van der Waals surface area contributed by atoms with Gasteiger partial charge in [0.2, 0.25) is 0 Å². The molecule has 0 aliphatic rings. The zero-order valence-electron chi connectivity index (χ0n) is 10.6. The molecule has 19 heavy (non-hydrogen) atoms. The molecule has 0 unspecified atom stereocenters. The highest BCUT2D eigenvalue weighted by molar-refractivity contribution is 5.99. The highest BCUT2D eigenvalue weighted by Crippen LogP contribution is 2.03. The van der Waals surface area contributed by atoms with Gasteiger partial charge in [0.15, 0.2) is 11.7 Å². The van der Waals surface area contributed by atoms with Gasteiger partial charge in [-0.1, -0.05) is 35.9 Å². The first kappa shape index (κ1) is 12.8. The highest BCUT2D eigenvalue weighted by atomic mass is 15.3. The number of nitrogens with two attached hydrogens (primary N) is 2. The van der Waals surface area contributed by atoms with Gasteiger partial charge in [0, 0.05) is 11.8 Å². The molecule has 0 spiro atoms. The van der Waals surface area contributed by atoms with Crippen LogP contribution in [0, 0.1) is 6.92 Å². The predicted octanol–water partition coefficient (Wildman–Crippen LogP) is 1.42. The lowest BCUT2D eigenvalue weighted by molar-refractivity contribution is 1.18. The molecule has 0 saturated heterocycles. The van der Waals surface area contributed by atoms with Crippen molar-refractivity contribution < 1.29 is 0 Å². The molecule has 0 atom stereocenters. The van der Waals surface area contributed by atoms with Crippen LogP contribution in [-0.4, -0.2) is 16.7 Å². The first-order chi connectivity index (χ1) is 9.16. The van der Waals surface area contributed by atoms with Crippen LogP contribution in [-0.2, 0) is 0 Å². The number of hydrogen-bond acceptors (Lipinski definition) is 3. The lowest BCUT2D eigenvalue weighted by atomic mass is 10.1. The number of nitrogens with zero attached hydrogens (tertiary/aromatic N) is 3. The van der Waals surface area contributed by atoms with Crippen molar-refractivity contribution in [2.75, 3.05) is 0 Å². The summed E-state index contributed by atoms with van der Waals surface area (Å²) in [6.45, 7) is 2.01. The molecule has 5 heteroatoms. The van der Waals surface area contributed by atoms with Crippen LogP contribution in [0.4, 0.5) is 0 Å². The molecule has 2 rings (SSSR count). The summed E-state index contributed by atoms with van der Waals surface area (Å²) in [5.74, 6) is 0.551. The van der Waals surface area contributed by atoms with Crippen LogP contribution in [0.3, 0.4) is 0 Å². The fourth-order valence-corrected chi connectivity index (χ4v) is 1.46. The van der Waals surface area contributed by atoms with Crippen molar-refractivity contribution >= 4 is 11.7 Å². The maximum absolute atomic E-state index is 5.84. The van der Waals surface area contributed by atoms with Crippen molar-refractivity contribution in [2.45, 2.75) is 6.92 Å². The third-order valence-corrected chi connectivity index (χ3v) is 2.54. The van der Waals surface area contributed by atoms with Gasteiger partial charge in [-0.25, -0.2) is 0 Å². The van der Waals surface area contributed by atoms with Gasteiger partial charge in [0.25, 0.3) is 0 Å². The van der Waals surface area contributed by atoms with E-state index in [4.69, 9.17) is 11.5 Å². The van der Waals surface area contributed by atoms with E-state index in [2.05, 4.69) is 15.2 Å². The molecule has 0 bridgehead atoms. The van der Waals surface area contributed by atoms with E-state index in [9.17, 15) is 0 Å². The summed E-state index contributed by atoms with van der Waals surface area (Å²) in [5, 5.41) is 7.81. The lowest BCUT2D eigenvalue weighted by Crippen LogP contribution is -2.17. The number of rotatable bonds is 3.